The van der Waals surface area contributed by atoms with Crippen LogP contribution in [-0.2, 0) is 14.3 Å². The van der Waals surface area contributed by atoms with Crippen molar-refractivity contribution < 1.29 is 24.2 Å². The standard InChI is InChI=1S/C18H22O5/c1-2-18(21)23-14-6-4-3-5-13-22-16-10-7-15(8-11-16)9-12-17(19)20/h2,7-12H,1,3-6,13-14H2,(H,19,20)/b12-9+. The number of benzene rings is 1. The summed E-state index contributed by atoms with van der Waals surface area (Å²) >= 11 is 0. The molecule has 5 heteroatoms. The molecule has 0 heterocycles. The van der Waals surface area contributed by atoms with Gasteiger partial charge in [0.05, 0.1) is 13.2 Å². The van der Waals surface area contributed by atoms with Crippen molar-refractivity contribution in [1.29, 1.82) is 0 Å². The van der Waals surface area contributed by atoms with Gasteiger partial charge in [-0.15, -0.1) is 0 Å². The number of unbranched alkanes of at least 4 members (excludes halogenated alkanes) is 3. The minimum atomic E-state index is -0.968. The van der Waals surface area contributed by atoms with E-state index in [0.29, 0.717) is 13.2 Å². The van der Waals surface area contributed by atoms with E-state index in [0.717, 1.165) is 49.1 Å². The molecule has 0 aliphatic carbocycles. The lowest BCUT2D eigenvalue weighted by Gasteiger charge is -2.06. The molecule has 0 fully saturated rings. The van der Waals surface area contributed by atoms with Crippen LogP contribution >= 0.6 is 0 Å². The van der Waals surface area contributed by atoms with Gasteiger partial charge in [-0.1, -0.05) is 18.7 Å². The molecule has 0 saturated carbocycles. The molecular weight excluding hydrogens is 296 g/mol. The van der Waals surface area contributed by atoms with Crippen LogP contribution in [0.1, 0.15) is 31.2 Å². The number of aliphatic carboxylic acids is 1. The highest BCUT2D eigenvalue weighted by Gasteiger charge is 1.97. The van der Waals surface area contributed by atoms with Gasteiger partial charge >= 0.3 is 11.9 Å². The summed E-state index contributed by atoms with van der Waals surface area (Å²) in [5, 5.41) is 8.55. The predicted molar refractivity (Wildman–Crippen MR) is 88.2 cm³/mol. The van der Waals surface area contributed by atoms with Gasteiger partial charge in [0.2, 0.25) is 0 Å². The highest BCUT2D eigenvalue weighted by Crippen LogP contribution is 2.14. The fourth-order valence-corrected chi connectivity index (χ4v) is 1.82. The molecule has 124 valence electrons. The Bertz CT molecular complexity index is 531. The molecule has 0 aliphatic rings. The van der Waals surface area contributed by atoms with E-state index in [2.05, 4.69) is 6.58 Å². The lowest BCUT2D eigenvalue weighted by atomic mass is 10.2. The molecule has 0 unspecified atom stereocenters. The van der Waals surface area contributed by atoms with E-state index in [1.165, 1.54) is 6.08 Å². The molecule has 0 spiro atoms. The molecule has 23 heavy (non-hydrogen) atoms. The summed E-state index contributed by atoms with van der Waals surface area (Å²) in [5.41, 5.74) is 0.814. The molecule has 0 bridgehead atoms. The second-order valence-electron chi connectivity index (χ2n) is 4.87. The molecule has 1 rings (SSSR count). The number of carbonyl (C=O) groups is 2. The quantitative estimate of drug-likeness (QED) is 0.384. The summed E-state index contributed by atoms with van der Waals surface area (Å²) in [5.74, 6) is -0.586. The summed E-state index contributed by atoms with van der Waals surface area (Å²) in [6.07, 6.45) is 7.54. The average molecular weight is 318 g/mol. The van der Waals surface area contributed by atoms with Gasteiger partial charge in [0, 0.05) is 12.2 Å². The predicted octanol–water partition coefficient (Wildman–Crippen LogP) is 3.45. The van der Waals surface area contributed by atoms with E-state index in [1.807, 2.05) is 24.3 Å². The van der Waals surface area contributed by atoms with Crippen LogP contribution in [0.15, 0.2) is 43.0 Å². The highest BCUT2D eigenvalue weighted by molar-refractivity contribution is 5.85. The Hall–Kier alpha value is -2.56. The average Bonchev–Trinajstić information content (AvgIpc) is 2.56. The van der Waals surface area contributed by atoms with E-state index < -0.39 is 5.97 Å². The van der Waals surface area contributed by atoms with Crippen molar-refractivity contribution in [2.75, 3.05) is 13.2 Å². The zero-order chi connectivity index (χ0) is 16.9. The smallest absolute Gasteiger partial charge is 0.330 e. The van der Waals surface area contributed by atoms with Gasteiger partial charge in [0.25, 0.3) is 0 Å². The number of ether oxygens (including phenoxy) is 2. The third-order valence-electron chi connectivity index (χ3n) is 3.02. The SMILES string of the molecule is C=CC(=O)OCCCCCCOc1ccc(/C=C/C(=O)O)cc1. The first-order valence-electron chi connectivity index (χ1n) is 7.55. The van der Waals surface area contributed by atoms with Crippen LogP contribution in [0, 0.1) is 0 Å². The van der Waals surface area contributed by atoms with Crippen molar-refractivity contribution in [3.63, 3.8) is 0 Å². The monoisotopic (exact) mass is 318 g/mol. The fourth-order valence-electron chi connectivity index (χ4n) is 1.82. The van der Waals surface area contributed by atoms with E-state index in [4.69, 9.17) is 14.6 Å². The molecular formula is C18H22O5. The van der Waals surface area contributed by atoms with Gasteiger partial charge in [0.1, 0.15) is 5.75 Å². The van der Waals surface area contributed by atoms with Crippen LogP contribution in [0.4, 0.5) is 0 Å². The van der Waals surface area contributed by atoms with Crippen molar-refractivity contribution in [3.8, 4) is 5.75 Å². The second-order valence-corrected chi connectivity index (χ2v) is 4.87. The largest absolute Gasteiger partial charge is 0.494 e. The molecule has 0 atom stereocenters. The van der Waals surface area contributed by atoms with Gasteiger partial charge in [-0.05, 0) is 49.5 Å². The number of rotatable bonds is 11. The minimum absolute atomic E-state index is 0.380. The van der Waals surface area contributed by atoms with Crippen LogP contribution < -0.4 is 4.74 Å². The summed E-state index contributed by atoms with van der Waals surface area (Å²) in [6.45, 7) is 4.38. The van der Waals surface area contributed by atoms with Gasteiger partial charge in [-0.25, -0.2) is 9.59 Å². The molecule has 1 aromatic carbocycles. The highest BCUT2D eigenvalue weighted by atomic mass is 16.5. The number of carbonyl (C=O) groups excluding carboxylic acids is 1. The van der Waals surface area contributed by atoms with Crippen molar-refractivity contribution >= 4 is 18.0 Å². The molecule has 0 saturated heterocycles. The third kappa shape index (κ3) is 9.14. The van der Waals surface area contributed by atoms with Crippen LogP contribution in [-0.4, -0.2) is 30.3 Å². The number of hydrogen-bond donors (Lipinski definition) is 1. The van der Waals surface area contributed by atoms with Crippen LogP contribution in [0.25, 0.3) is 6.08 Å². The van der Waals surface area contributed by atoms with Crippen molar-refractivity contribution in [1.82, 2.24) is 0 Å². The van der Waals surface area contributed by atoms with Gasteiger partial charge in [0.15, 0.2) is 0 Å². The molecule has 1 aromatic rings. The number of hydrogen-bond acceptors (Lipinski definition) is 4. The van der Waals surface area contributed by atoms with Crippen molar-refractivity contribution in [2.24, 2.45) is 0 Å². The van der Waals surface area contributed by atoms with Gasteiger partial charge in [-0.2, -0.15) is 0 Å². The third-order valence-corrected chi connectivity index (χ3v) is 3.02. The Morgan fingerprint density at radius 3 is 2.30 bits per heavy atom. The van der Waals surface area contributed by atoms with Crippen LogP contribution in [0.5, 0.6) is 5.75 Å². The lowest BCUT2D eigenvalue weighted by Crippen LogP contribution is -2.02. The topological polar surface area (TPSA) is 72.8 Å². The van der Waals surface area contributed by atoms with E-state index in [9.17, 15) is 9.59 Å². The summed E-state index contributed by atoms with van der Waals surface area (Å²) in [7, 11) is 0. The van der Waals surface area contributed by atoms with E-state index >= 15 is 0 Å². The Morgan fingerprint density at radius 1 is 1.04 bits per heavy atom. The zero-order valence-corrected chi connectivity index (χ0v) is 13.1. The Balaban J connectivity index is 2.10. The number of carboxylic acid groups (broad SMARTS) is 1. The second kappa shape index (κ2) is 11.1. The van der Waals surface area contributed by atoms with E-state index in [1.54, 1.807) is 0 Å². The summed E-state index contributed by atoms with van der Waals surface area (Å²) in [6, 6.07) is 7.25. The first kappa shape index (κ1) is 18.5. The van der Waals surface area contributed by atoms with Crippen molar-refractivity contribution in [2.45, 2.75) is 25.7 Å². The Labute approximate surface area is 136 Å². The van der Waals surface area contributed by atoms with Gasteiger partial charge in [-0.3, -0.25) is 0 Å². The molecule has 0 aromatic heterocycles. The fraction of sp³-hybridized carbons (Fsp3) is 0.333. The summed E-state index contributed by atoms with van der Waals surface area (Å²) < 4.78 is 10.5. The summed E-state index contributed by atoms with van der Waals surface area (Å²) in [4.78, 5) is 21.2. The van der Waals surface area contributed by atoms with Crippen molar-refractivity contribution in [3.05, 3.63) is 48.6 Å². The Kier molecular flexibility index (Phi) is 8.90. The number of carboxylic acids is 1. The lowest BCUT2D eigenvalue weighted by molar-refractivity contribution is -0.138. The Morgan fingerprint density at radius 2 is 1.70 bits per heavy atom. The molecule has 0 aliphatic heterocycles. The first-order chi connectivity index (χ1) is 11.1. The molecule has 0 radical (unpaired) electrons. The van der Waals surface area contributed by atoms with Gasteiger partial charge < -0.3 is 14.6 Å². The minimum Gasteiger partial charge on any atom is -0.494 e. The van der Waals surface area contributed by atoms with Crippen LogP contribution in [0.3, 0.4) is 0 Å². The molecule has 1 N–H and O–H groups in total. The maximum atomic E-state index is 10.8. The van der Waals surface area contributed by atoms with E-state index in [-0.39, 0.29) is 5.97 Å². The molecule has 0 amide bonds. The zero-order valence-electron chi connectivity index (χ0n) is 13.1. The van der Waals surface area contributed by atoms with Crippen LogP contribution in [0.2, 0.25) is 0 Å². The maximum absolute atomic E-state index is 10.8. The first-order valence-corrected chi connectivity index (χ1v) is 7.55. The molecule has 5 nitrogen and oxygen atoms in total. The maximum Gasteiger partial charge on any atom is 0.330 e. The normalized spacial score (nSPS) is 10.4. The number of esters is 1.